The summed E-state index contributed by atoms with van der Waals surface area (Å²) in [6.45, 7) is 2.24. The van der Waals surface area contributed by atoms with Crippen LogP contribution in [0.15, 0.2) is 84.9 Å². The molecule has 0 atom stereocenters. The van der Waals surface area contributed by atoms with Gasteiger partial charge >= 0.3 is 0 Å². The van der Waals surface area contributed by atoms with Crippen molar-refractivity contribution in [3.63, 3.8) is 0 Å². The first-order chi connectivity index (χ1) is 15.6. The second kappa shape index (κ2) is 10.2. The van der Waals surface area contributed by atoms with E-state index in [9.17, 15) is 14.0 Å². The number of nitrogens with zero attached hydrogens (tertiary/aromatic N) is 2. The summed E-state index contributed by atoms with van der Waals surface area (Å²) in [7, 11) is 0. The lowest BCUT2D eigenvalue weighted by Crippen LogP contribution is -2.40. The van der Waals surface area contributed by atoms with E-state index < -0.39 is 0 Å². The van der Waals surface area contributed by atoms with Crippen LogP contribution in [0.25, 0.3) is 0 Å². The van der Waals surface area contributed by atoms with Crippen molar-refractivity contribution in [2.75, 3.05) is 26.2 Å². The van der Waals surface area contributed by atoms with E-state index in [0.717, 1.165) is 23.1 Å². The van der Waals surface area contributed by atoms with Crippen LogP contribution in [0.3, 0.4) is 0 Å². The maximum atomic E-state index is 13.6. The number of carbonyl (C=O) groups excluding carboxylic acids is 2. The predicted molar refractivity (Wildman–Crippen MR) is 123 cm³/mol. The molecule has 32 heavy (non-hydrogen) atoms. The minimum Gasteiger partial charge on any atom is -0.341 e. The monoisotopic (exact) mass is 430 g/mol. The molecule has 4 rings (SSSR count). The van der Waals surface area contributed by atoms with Crippen LogP contribution in [-0.4, -0.2) is 47.8 Å². The van der Waals surface area contributed by atoms with Gasteiger partial charge in [0.2, 0.25) is 11.8 Å². The van der Waals surface area contributed by atoms with Crippen LogP contribution in [0.1, 0.15) is 29.0 Å². The van der Waals surface area contributed by atoms with Crippen molar-refractivity contribution in [3.8, 4) is 0 Å². The molecule has 1 saturated heterocycles. The minimum atomic E-state index is -0.362. The number of rotatable bonds is 5. The summed E-state index contributed by atoms with van der Waals surface area (Å²) in [6.07, 6.45) is 0.974. The Morgan fingerprint density at radius 1 is 0.719 bits per heavy atom. The van der Waals surface area contributed by atoms with Crippen molar-refractivity contribution in [1.29, 1.82) is 0 Å². The van der Waals surface area contributed by atoms with Crippen LogP contribution in [0.2, 0.25) is 0 Å². The SMILES string of the molecule is O=C(Cc1ccc(F)cc1)N1CCCN(C(=O)C(c2ccccc2)c2ccccc2)CC1. The molecule has 0 aliphatic carbocycles. The number of amides is 2. The van der Waals surface area contributed by atoms with Crippen LogP contribution in [-0.2, 0) is 16.0 Å². The average molecular weight is 431 g/mol. The Morgan fingerprint density at radius 3 is 1.84 bits per heavy atom. The van der Waals surface area contributed by atoms with Crippen molar-refractivity contribution in [1.82, 2.24) is 9.80 Å². The van der Waals surface area contributed by atoms with Crippen LogP contribution in [0.5, 0.6) is 0 Å². The van der Waals surface area contributed by atoms with Gasteiger partial charge in [-0.15, -0.1) is 0 Å². The molecule has 1 aliphatic heterocycles. The van der Waals surface area contributed by atoms with E-state index >= 15 is 0 Å². The smallest absolute Gasteiger partial charge is 0.234 e. The van der Waals surface area contributed by atoms with Gasteiger partial charge in [-0.2, -0.15) is 0 Å². The zero-order valence-corrected chi connectivity index (χ0v) is 18.0. The Hall–Kier alpha value is -3.47. The molecular weight excluding hydrogens is 403 g/mol. The molecular formula is C27H27FN2O2. The van der Waals surface area contributed by atoms with Gasteiger partial charge in [0, 0.05) is 26.2 Å². The molecule has 5 heteroatoms. The molecule has 0 unspecified atom stereocenters. The van der Waals surface area contributed by atoms with Gasteiger partial charge in [-0.3, -0.25) is 9.59 Å². The van der Waals surface area contributed by atoms with E-state index in [-0.39, 0.29) is 30.0 Å². The summed E-state index contributed by atoms with van der Waals surface area (Å²) in [5.41, 5.74) is 2.73. The molecule has 0 radical (unpaired) electrons. The topological polar surface area (TPSA) is 40.6 Å². The van der Waals surface area contributed by atoms with Gasteiger partial charge in [0.05, 0.1) is 12.3 Å². The Bertz CT molecular complexity index is 999. The fraction of sp³-hybridized carbons (Fsp3) is 0.259. The number of benzene rings is 3. The summed E-state index contributed by atoms with van der Waals surface area (Å²) in [5, 5.41) is 0. The Balaban J connectivity index is 1.46. The zero-order chi connectivity index (χ0) is 22.3. The Kier molecular flexibility index (Phi) is 6.95. The highest BCUT2D eigenvalue weighted by Crippen LogP contribution is 2.27. The largest absolute Gasteiger partial charge is 0.341 e. The molecule has 1 aliphatic rings. The number of hydrogen-bond donors (Lipinski definition) is 0. The normalized spacial score (nSPS) is 14.3. The predicted octanol–water partition coefficient (Wildman–Crippen LogP) is 4.26. The van der Waals surface area contributed by atoms with Crippen molar-refractivity contribution in [2.24, 2.45) is 0 Å². The highest BCUT2D eigenvalue weighted by atomic mass is 19.1. The molecule has 4 nitrogen and oxygen atoms in total. The lowest BCUT2D eigenvalue weighted by Gasteiger charge is -2.27. The molecule has 0 bridgehead atoms. The number of carbonyl (C=O) groups is 2. The van der Waals surface area contributed by atoms with Crippen LogP contribution < -0.4 is 0 Å². The summed E-state index contributed by atoms with van der Waals surface area (Å²) in [4.78, 5) is 30.1. The molecule has 1 heterocycles. The average Bonchev–Trinajstić information content (AvgIpc) is 3.09. The third-order valence-electron chi connectivity index (χ3n) is 5.94. The molecule has 3 aromatic rings. The molecule has 3 aromatic carbocycles. The summed E-state index contributed by atoms with van der Waals surface area (Å²) in [5.74, 6) is -0.598. The third-order valence-corrected chi connectivity index (χ3v) is 5.94. The Labute approximate surface area is 188 Å². The fourth-order valence-electron chi connectivity index (χ4n) is 4.23. The minimum absolute atomic E-state index is 0.00794. The molecule has 0 saturated carbocycles. The molecule has 0 aromatic heterocycles. The van der Waals surface area contributed by atoms with Gasteiger partial charge in [0.1, 0.15) is 5.82 Å². The van der Waals surface area contributed by atoms with Gasteiger partial charge in [0.15, 0.2) is 0 Å². The maximum absolute atomic E-state index is 13.6. The van der Waals surface area contributed by atoms with Gasteiger partial charge in [-0.05, 0) is 35.2 Å². The zero-order valence-electron chi connectivity index (χ0n) is 18.0. The fourth-order valence-corrected chi connectivity index (χ4v) is 4.23. The Morgan fingerprint density at radius 2 is 1.25 bits per heavy atom. The molecule has 164 valence electrons. The highest BCUT2D eigenvalue weighted by Gasteiger charge is 2.29. The van der Waals surface area contributed by atoms with Gasteiger partial charge in [-0.1, -0.05) is 72.8 Å². The van der Waals surface area contributed by atoms with Crippen molar-refractivity contribution in [3.05, 3.63) is 107 Å². The van der Waals surface area contributed by atoms with E-state index in [2.05, 4.69) is 0 Å². The van der Waals surface area contributed by atoms with Crippen molar-refractivity contribution >= 4 is 11.8 Å². The molecule has 0 spiro atoms. The molecule has 2 amide bonds. The summed E-state index contributed by atoms with van der Waals surface area (Å²) < 4.78 is 13.1. The number of hydrogen-bond acceptors (Lipinski definition) is 2. The highest BCUT2D eigenvalue weighted by molar-refractivity contribution is 5.87. The maximum Gasteiger partial charge on any atom is 0.234 e. The standard InChI is InChI=1S/C27H27FN2O2/c28-24-14-12-21(13-15-24)20-25(31)29-16-7-17-30(19-18-29)27(32)26(22-8-3-1-4-9-22)23-10-5-2-6-11-23/h1-6,8-15,26H,7,16-20H2. The van der Waals surface area contributed by atoms with Crippen LogP contribution in [0, 0.1) is 5.82 Å². The summed E-state index contributed by atoms with van der Waals surface area (Å²) >= 11 is 0. The van der Waals surface area contributed by atoms with Gasteiger partial charge in [-0.25, -0.2) is 4.39 Å². The second-order valence-corrected chi connectivity index (χ2v) is 8.12. The molecule has 1 fully saturated rings. The van der Waals surface area contributed by atoms with E-state index in [0.29, 0.717) is 26.2 Å². The van der Waals surface area contributed by atoms with E-state index in [4.69, 9.17) is 0 Å². The van der Waals surface area contributed by atoms with Gasteiger partial charge < -0.3 is 9.80 Å². The first-order valence-corrected chi connectivity index (χ1v) is 11.0. The van der Waals surface area contributed by atoms with Crippen LogP contribution >= 0.6 is 0 Å². The van der Waals surface area contributed by atoms with Crippen LogP contribution in [0.4, 0.5) is 4.39 Å². The third kappa shape index (κ3) is 5.22. The van der Waals surface area contributed by atoms with E-state index in [1.807, 2.05) is 70.5 Å². The van der Waals surface area contributed by atoms with Crippen molar-refractivity contribution in [2.45, 2.75) is 18.8 Å². The van der Waals surface area contributed by atoms with Gasteiger partial charge in [0.25, 0.3) is 0 Å². The van der Waals surface area contributed by atoms with E-state index in [1.54, 1.807) is 12.1 Å². The van der Waals surface area contributed by atoms with E-state index in [1.165, 1.54) is 12.1 Å². The summed E-state index contributed by atoms with van der Waals surface area (Å²) in [6, 6.07) is 25.7. The second-order valence-electron chi connectivity index (χ2n) is 8.12. The first-order valence-electron chi connectivity index (χ1n) is 11.0. The lowest BCUT2D eigenvalue weighted by molar-refractivity contribution is -0.133. The van der Waals surface area contributed by atoms with Crippen molar-refractivity contribution < 1.29 is 14.0 Å². The lowest BCUT2D eigenvalue weighted by atomic mass is 9.90. The quantitative estimate of drug-likeness (QED) is 0.607. The molecule has 0 N–H and O–H groups in total. The number of halogens is 1. The first kappa shape index (κ1) is 21.8.